The summed E-state index contributed by atoms with van der Waals surface area (Å²) >= 11 is 0. The molecule has 1 saturated heterocycles. The molecule has 5 nitrogen and oxygen atoms in total. The van der Waals surface area contributed by atoms with Gasteiger partial charge in [0.05, 0.1) is 0 Å². The summed E-state index contributed by atoms with van der Waals surface area (Å²) in [6, 6.07) is 2.01. The predicted molar refractivity (Wildman–Crippen MR) is 77.5 cm³/mol. The number of nitrogens with zero attached hydrogens (tertiary/aromatic N) is 3. The second-order valence-corrected chi connectivity index (χ2v) is 5.72. The van der Waals surface area contributed by atoms with Gasteiger partial charge in [0.15, 0.2) is 0 Å². The highest BCUT2D eigenvalue weighted by Crippen LogP contribution is 2.23. The van der Waals surface area contributed by atoms with Gasteiger partial charge in [-0.15, -0.1) is 0 Å². The lowest BCUT2D eigenvalue weighted by molar-refractivity contribution is 0.238. The van der Waals surface area contributed by atoms with Gasteiger partial charge in [-0.25, -0.2) is 9.97 Å². The molecule has 1 unspecified atom stereocenters. The quantitative estimate of drug-likeness (QED) is 0.847. The Bertz CT molecular complexity index is 422. The SMILES string of the molecule is Cc1nc(NCC(C)C)cc(N2CCC(CO)C2)n1. The van der Waals surface area contributed by atoms with E-state index in [1.807, 2.05) is 13.0 Å². The summed E-state index contributed by atoms with van der Waals surface area (Å²) in [6.45, 7) is 9.29. The van der Waals surface area contributed by atoms with Crippen molar-refractivity contribution in [2.75, 3.05) is 36.5 Å². The number of anilines is 2. The Morgan fingerprint density at radius 2 is 2.26 bits per heavy atom. The Balaban J connectivity index is 2.08. The highest BCUT2D eigenvalue weighted by Gasteiger charge is 2.23. The van der Waals surface area contributed by atoms with Gasteiger partial charge in [-0.1, -0.05) is 13.8 Å². The molecule has 0 radical (unpaired) electrons. The van der Waals surface area contributed by atoms with Gasteiger partial charge >= 0.3 is 0 Å². The smallest absolute Gasteiger partial charge is 0.134 e. The minimum absolute atomic E-state index is 0.263. The lowest BCUT2D eigenvalue weighted by Gasteiger charge is -2.19. The fourth-order valence-electron chi connectivity index (χ4n) is 2.30. The van der Waals surface area contributed by atoms with Crippen molar-refractivity contribution in [3.8, 4) is 0 Å². The molecule has 106 valence electrons. The molecule has 2 heterocycles. The van der Waals surface area contributed by atoms with E-state index in [4.69, 9.17) is 0 Å². The molecule has 0 aliphatic carbocycles. The highest BCUT2D eigenvalue weighted by atomic mass is 16.3. The molecule has 0 spiro atoms. The molecule has 0 saturated carbocycles. The normalized spacial score (nSPS) is 19.2. The van der Waals surface area contributed by atoms with E-state index in [0.29, 0.717) is 11.8 Å². The lowest BCUT2D eigenvalue weighted by atomic mass is 10.1. The van der Waals surface area contributed by atoms with Gasteiger partial charge < -0.3 is 15.3 Å². The number of nitrogens with one attached hydrogen (secondary N) is 1. The van der Waals surface area contributed by atoms with E-state index in [0.717, 1.165) is 43.5 Å². The zero-order valence-electron chi connectivity index (χ0n) is 12.1. The van der Waals surface area contributed by atoms with Gasteiger partial charge in [-0.05, 0) is 19.3 Å². The van der Waals surface area contributed by atoms with Gasteiger partial charge in [0.25, 0.3) is 0 Å². The minimum atomic E-state index is 0.263. The van der Waals surface area contributed by atoms with Crippen molar-refractivity contribution in [1.82, 2.24) is 9.97 Å². The molecular formula is C14H24N4O. The molecular weight excluding hydrogens is 240 g/mol. The molecule has 1 aliphatic rings. The van der Waals surface area contributed by atoms with E-state index in [2.05, 4.69) is 34.0 Å². The molecule has 1 aromatic heterocycles. The van der Waals surface area contributed by atoms with Crippen LogP contribution in [-0.2, 0) is 0 Å². The van der Waals surface area contributed by atoms with Gasteiger partial charge in [0.1, 0.15) is 17.5 Å². The monoisotopic (exact) mass is 264 g/mol. The molecule has 19 heavy (non-hydrogen) atoms. The molecule has 1 aromatic rings. The Labute approximate surface area is 115 Å². The molecule has 5 heteroatoms. The number of aliphatic hydroxyl groups excluding tert-OH is 1. The summed E-state index contributed by atoms with van der Waals surface area (Å²) in [4.78, 5) is 11.2. The number of hydrogen-bond acceptors (Lipinski definition) is 5. The first-order valence-electron chi connectivity index (χ1n) is 7.04. The number of rotatable bonds is 5. The van der Waals surface area contributed by atoms with E-state index in [-0.39, 0.29) is 6.61 Å². The second-order valence-electron chi connectivity index (χ2n) is 5.72. The summed E-state index contributed by atoms with van der Waals surface area (Å²) in [7, 11) is 0. The zero-order valence-corrected chi connectivity index (χ0v) is 12.1. The first-order valence-corrected chi connectivity index (χ1v) is 7.04. The molecule has 1 aliphatic heterocycles. The van der Waals surface area contributed by atoms with Crippen LogP contribution >= 0.6 is 0 Å². The maximum atomic E-state index is 9.21. The van der Waals surface area contributed by atoms with Crippen molar-refractivity contribution in [1.29, 1.82) is 0 Å². The van der Waals surface area contributed by atoms with Crippen molar-refractivity contribution >= 4 is 11.6 Å². The third-order valence-electron chi connectivity index (χ3n) is 3.38. The van der Waals surface area contributed by atoms with Crippen molar-refractivity contribution in [3.05, 3.63) is 11.9 Å². The first-order chi connectivity index (χ1) is 9.08. The minimum Gasteiger partial charge on any atom is -0.396 e. The van der Waals surface area contributed by atoms with Crippen LogP contribution in [0.4, 0.5) is 11.6 Å². The van der Waals surface area contributed by atoms with Crippen LogP contribution < -0.4 is 10.2 Å². The second kappa shape index (κ2) is 6.19. The average molecular weight is 264 g/mol. The third-order valence-corrected chi connectivity index (χ3v) is 3.38. The predicted octanol–water partition coefficient (Wildman–Crippen LogP) is 1.67. The molecule has 0 bridgehead atoms. The number of aliphatic hydroxyl groups is 1. The highest BCUT2D eigenvalue weighted by molar-refractivity contribution is 5.50. The lowest BCUT2D eigenvalue weighted by Crippen LogP contribution is -2.22. The molecule has 0 amide bonds. The number of aromatic nitrogens is 2. The maximum Gasteiger partial charge on any atom is 0.134 e. The van der Waals surface area contributed by atoms with Crippen LogP contribution in [0.2, 0.25) is 0 Å². The van der Waals surface area contributed by atoms with Crippen LogP contribution in [0.3, 0.4) is 0 Å². The summed E-state index contributed by atoms with van der Waals surface area (Å²) < 4.78 is 0. The Morgan fingerprint density at radius 1 is 1.47 bits per heavy atom. The van der Waals surface area contributed by atoms with E-state index >= 15 is 0 Å². The van der Waals surface area contributed by atoms with Crippen molar-refractivity contribution in [2.24, 2.45) is 11.8 Å². The summed E-state index contributed by atoms with van der Waals surface area (Å²) in [6.07, 6.45) is 1.04. The maximum absolute atomic E-state index is 9.21. The fraction of sp³-hybridized carbons (Fsp3) is 0.714. The number of hydrogen-bond donors (Lipinski definition) is 2. The van der Waals surface area contributed by atoms with Crippen molar-refractivity contribution in [2.45, 2.75) is 27.2 Å². The third kappa shape index (κ3) is 3.80. The van der Waals surface area contributed by atoms with Crippen LogP contribution in [0.1, 0.15) is 26.1 Å². The van der Waals surface area contributed by atoms with Gasteiger partial charge in [-0.3, -0.25) is 0 Å². The average Bonchev–Trinajstić information content (AvgIpc) is 2.84. The molecule has 2 N–H and O–H groups in total. The van der Waals surface area contributed by atoms with Crippen LogP contribution in [0.5, 0.6) is 0 Å². The summed E-state index contributed by atoms with van der Waals surface area (Å²) in [5, 5.41) is 12.6. The largest absolute Gasteiger partial charge is 0.396 e. The molecule has 2 rings (SSSR count). The van der Waals surface area contributed by atoms with Crippen LogP contribution in [0.15, 0.2) is 6.07 Å². The van der Waals surface area contributed by atoms with Crippen LogP contribution in [0.25, 0.3) is 0 Å². The van der Waals surface area contributed by atoms with Crippen molar-refractivity contribution in [3.63, 3.8) is 0 Å². The molecule has 1 atom stereocenters. The van der Waals surface area contributed by atoms with Crippen LogP contribution in [0, 0.1) is 18.8 Å². The van der Waals surface area contributed by atoms with Crippen molar-refractivity contribution < 1.29 is 5.11 Å². The zero-order chi connectivity index (χ0) is 13.8. The van der Waals surface area contributed by atoms with Gasteiger partial charge in [0.2, 0.25) is 0 Å². The summed E-state index contributed by atoms with van der Waals surface area (Å²) in [5.74, 6) is 3.61. The van der Waals surface area contributed by atoms with Crippen LogP contribution in [-0.4, -0.2) is 41.3 Å². The topological polar surface area (TPSA) is 61.3 Å². The summed E-state index contributed by atoms with van der Waals surface area (Å²) in [5.41, 5.74) is 0. The molecule has 0 aromatic carbocycles. The van der Waals surface area contributed by atoms with Gasteiger partial charge in [-0.2, -0.15) is 0 Å². The Hall–Kier alpha value is -1.36. The van der Waals surface area contributed by atoms with E-state index < -0.39 is 0 Å². The van der Waals surface area contributed by atoms with E-state index in [1.54, 1.807) is 0 Å². The first kappa shape index (κ1) is 14.1. The molecule has 1 fully saturated rings. The Kier molecular flexibility index (Phi) is 4.58. The Morgan fingerprint density at radius 3 is 2.89 bits per heavy atom. The number of aryl methyl sites for hydroxylation is 1. The van der Waals surface area contributed by atoms with E-state index in [1.165, 1.54) is 0 Å². The standard InChI is InChI=1S/C14H24N4O/c1-10(2)7-15-13-6-14(17-11(3)16-13)18-5-4-12(8-18)9-19/h6,10,12,19H,4-5,7-9H2,1-3H3,(H,15,16,17). The fourth-order valence-corrected chi connectivity index (χ4v) is 2.30. The van der Waals surface area contributed by atoms with E-state index in [9.17, 15) is 5.11 Å². The van der Waals surface area contributed by atoms with Gasteiger partial charge in [0, 0.05) is 38.2 Å².